The van der Waals surface area contributed by atoms with Crippen LogP contribution in [0.3, 0.4) is 0 Å². The van der Waals surface area contributed by atoms with Crippen molar-refractivity contribution < 1.29 is 4.79 Å². The van der Waals surface area contributed by atoms with Crippen LogP contribution in [0.15, 0.2) is 28.1 Å². The van der Waals surface area contributed by atoms with E-state index in [1.54, 1.807) is 17.1 Å². The fraction of sp³-hybridized carbons (Fsp3) is 0.385. The number of nitrogens with one attached hydrogen (secondary N) is 2. The lowest BCUT2D eigenvalue weighted by atomic mass is 10.1. The molecule has 1 aliphatic rings. The number of piperidine rings is 1. The molecule has 3 rings (SSSR count). The number of thiazole rings is 1. The van der Waals surface area contributed by atoms with Crippen LogP contribution in [-0.2, 0) is 0 Å². The molecule has 0 unspecified atom stereocenters. The number of anilines is 1. The molecule has 3 heterocycles. The Bertz CT molecular complexity index is 669. The molecule has 2 N–H and O–H groups in total. The van der Waals surface area contributed by atoms with E-state index in [2.05, 4.69) is 20.3 Å². The van der Waals surface area contributed by atoms with Crippen LogP contribution in [-0.4, -0.2) is 40.0 Å². The van der Waals surface area contributed by atoms with Crippen LogP contribution >= 0.6 is 11.3 Å². The smallest absolute Gasteiger partial charge is 0.290 e. The zero-order chi connectivity index (χ0) is 14.7. The molecule has 1 amide bonds. The first-order chi connectivity index (χ1) is 10.2. The van der Waals surface area contributed by atoms with E-state index >= 15 is 0 Å². The number of carbonyl (C=O) groups excluding carboxylic acids is 1. The van der Waals surface area contributed by atoms with Gasteiger partial charge in [0.2, 0.25) is 0 Å². The second kappa shape index (κ2) is 6.04. The second-order valence-electron chi connectivity index (χ2n) is 4.87. The van der Waals surface area contributed by atoms with Crippen molar-refractivity contribution in [2.45, 2.75) is 18.9 Å². The number of H-pyrrole nitrogens is 1. The maximum Gasteiger partial charge on any atom is 0.290 e. The predicted molar refractivity (Wildman–Crippen MR) is 79.7 cm³/mol. The average molecular weight is 305 g/mol. The summed E-state index contributed by atoms with van der Waals surface area (Å²) in [5.74, 6) is 0.239. The van der Waals surface area contributed by atoms with Gasteiger partial charge in [-0.15, -0.1) is 11.3 Å². The third kappa shape index (κ3) is 3.10. The van der Waals surface area contributed by atoms with Gasteiger partial charge in [-0.05, 0) is 12.8 Å². The first-order valence-corrected chi connectivity index (χ1v) is 7.66. The van der Waals surface area contributed by atoms with Crippen molar-refractivity contribution in [2.24, 2.45) is 0 Å². The topological polar surface area (TPSA) is 91.0 Å². The molecule has 1 saturated heterocycles. The highest BCUT2D eigenvalue weighted by Crippen LogP contribution is 2.14. The van der Waals surface area contributed by atoms with E-state index in [9.17, 15) is 9.59 Å². The highest BCUT2D eigenvalue weighted by Gasteiger charge is 2.24. The normalized spacial score (nSPS) is 18.5. The Hall–Kier alpha value is -2.22. The molecule has 0 saturated carbocycles. The Kier molecular flexibility index (Phi) is 3.96. The predicted octanol–water partition coefficient (Wildman–Crippen LogP) is 0.625. The summed E-state index contributed by atoms with van der Waals surface area (Å²) in [6, 6.07) is -0.00523. The Morgan fingerprint density at radius 1 is 1.48 bits per heavy atom. The lowest BCUT2D eigenvalue weighted by Crippen LogP contribution is -2.49. The molecular formula is C13H15N5O2S. The summed E-state index contributed by atoms with van der Waals surface area (Å²) in [4.78, 5) is 36.4. The van der Waals surface area contributed by atoms with E-state index in [1.807, 2.05) is 4.90 Å². The number of hydrogen-bond donors (Lipinski definition) is 2. The van der Waals surface area contributed by atoms with Crippen molar-refractivity contribution in [3.05, 3.63) is 39.3 Å². The maximum absolute atomic E-state index is 12.0. The van der Waals surface area contributed by atoms with E-state index in [1.165, 1.54) is 17.5 Å². The summed E-state index contributed by atoms with van der Waals surface area (Å²) >= 11 is 1.39. The number of carbonyl (C=O) groups is 1. The van der Waals surface area contributed by atoms with Crippen LogP contribution in [0.25, 0.3) is 0 Å². The molecule has 8 heteroatoms. The van der Waals surface area contributed by atoms with Crippen molar-refractivity contribution in [2.75, 3.05) is 18.0 Å². The van der Waals surface area contributed by atoms with Crippen molar-refractivity contribution in [3.8, 4) is 0 Å². The largest absolute Gasteiger partial charge is 0.350 e. The van der Waals surface area contributed by atoms with Gasteiger partial charge in [-0.3, -0.25) is 9.59 Å². The molecule has 0 aliphatic carbocycles. The standard InChI is InChI=1S/C13H15N5O2S/c19-12(10-7-21-8-16-10)17-9-2-1-5-18(6-9)11-13(20)15-4-3-14-11/h3-4,7-9H,1-2,5-6H2,(H,15,20)(H,17,19)/t9-/m1/s1. The summed E-state index contributed by atoms with van der Waals surface area (Å²) in [5.41, 5.74) is 1.87. The molecular weight excluding hydrogens is 290 g/mol. The van der Waals surface area contributed by atoms with Gasteiger partial charge < -0.3 is 15.2 Å². The summed E-state index contributed by atoms with van der Waals surface area (Å²) < 4.78 is 0. The SMILES string of the molecule is O=C(N[C@@H]1CCCN(c2ncc[nH]c2=O)C1)c1cscn1. The number of aromatic nitrogens is 3. The molecule has 1 aliphatic heterocycles. The Morgan fingerprint density at radius 3 is 3.14 bits per heavy atom. The number of amides is 1. The van der Waals surface area contributed by atoms with Gasteiger partial charge in [0.1, 0.15) is 5.69 Å². The molecule has 0 spiro atoms. The lowest BCUT2D eigenvalue weighted by molar-refractivity contribution is 0.0928. The first kappa shape index (κ1) is 13.7. The molecule has 1 atom stereocenters. The quantitative estimate of drug-likeness (QED) is 0.867. The van der Waals surface area contributed by atoms with Crippen LogP contribution in [0.2, 0.25) is 0 Å². The Labute approximate surface area is 125 Å². The molecule has 0 radical (unpaired) electrons. The monoisotopic (exact) mass is 305 g/mol. The minimum Gasteiger partial charge on any atom is -0.350 e. The van der Waals surface area contributed by atoms with Gasteiger partial charge in [-0.25, -0.2) is 9.97 Å². The first-order valence-electron chi connectivity index (χ1n) is 6.72. The van der Waals surface area contributed by atoms with E-state index < -0.39 is 0 Å². The Balaban J connectivity index is 1.68. The van der Waals surface area contributed by atoms with Crippen LogP contribution in [0.4, 0.5) is 5.82 Å². The number of hydrogen-bond acceptors (Lipinski definition) is 6. The third-order valence-electron chi connectivity index (χ3n) is 3.41. The molecule has 110 valence electrons. The molecule has 2 aromatic heterocycles. The minimum atomic E-state index is -0.205. The van der Waals surface area contributed by atoms with Crippen LogP contribution in [0, 0.1) is 0 Å². The molecule has 0 bridgehead atoms. The zero-order valence-electron chi connectivity index (χ0n) is 11.3. The lowest BCUT2D eigenvalue weighted by Gasteiger charge is -2.33. The zero-order valence-corrected chi connectivity index (χ0v) is 12.1. The van der Waals surface area contributed by atoms with E-state index in [0.29, 0.717) is 18.1 Å². The van der Waals surface area contributed by atoms with Crippen LogP contribution in [0.1, 0.15) is 23.3 Å². The van der Waals surface area contributed by atoms with Gasteiger partial charge >= 0.3 is 0 Å². The van der Waals surface area contributed by atoms with E-state index in [-0.39, 0.29) is 17.5 Å². The van der Waals surface area contributed by atoms with Crippen molar-refractivity contribution in [3.63, 3.8) is 0 Å². The summed E-state index contributed by atoms with van der Waals surface area (Å²) in [7, 11) is 0. The summed E-state index contributed by atoms with van der Waals surface area (Å²) in [6.07, 6.45) is 4.86. The third-order valence-corrected chi connectivity index (χ3v) is 4.00. The fourth-order valence-electron chi connectivity index (χ4n) is 2.44. The molecule has 2 aromatic rings. The van der Waals surface area contributed by atoms with Gasteiger partial charge in [0.15, 0.2) is 5.82 Å². The highest BCUT2D eigenvalue weighted by atomic mass is 32.1. The summed E-state index contributed by atoms with van der Waals surface area (Å²) in [5, 5.41) is 4.69. The Morgan fingerprint density at radius 2 is 2.38 bits per heavy atom. The summed E-state index contributed by atoms with van der Waals surface area (Å²) in [6.45, 7) is 1.35. The van der Waals surface area contributed by atoms with Gasteiger partial charge in [-0.1, -0.05) is 0 Å². The van der Waals surface area contributed by atoms with Gasteiger partial charge in [0.25, 0.3) is 11.5 Å². The average Bonchev–Trinajstić information content (AvgIpc) is 3.02. The highest BCUT2D eigenvalue weighted by molar-refractivity contribution is 7.07. The molecule has 0 aromatic carbocycles. The number of aromatic amines is 1. The van der Waals surface area contributed by atoms with Crippen molar-refractivity contribution in [1.82, 2.24) is 20.3 Å². The van der Waals surface area contributed by atoms with E-state index in [0.717, 1.165) is 19.4 Å². The molecule has 7 nitrogen and oxygen atoms in total. The second-order valence-corrected chi connectivity index (χ2v) is 5.59. The van der Waals surface area contributed by atoms with Gasteiger partial charge in [0, 0.05) is 36.9 Å². The minimum absolute atomic E-state index is 0.00523. The maximum atomic E-state index is 12.0. The molecule has 1 fully saturated rings. The number of nitrogens with zero attached hydrogens (tertiary/aromatic N) is 3. The van der Waals surface area contributed by atoms with Crippen molar-refractivity contribution in [1.29, 1.82) is 0 Å². The van der Waals surface area contributed by atoms with Crippen LogP contribution in [0.5, 0.6) is 0 Å². The van der Waals surface area contributed by atoms with E-state index in [4.69, 9.17) is 0 Å². The number of rotatable bonds is 3. The van der Waals surface area contributed by atoms with Crippen LogP contribution < -0.4 is 15.8 Å². The van der Waals surface area contributed by atoms with Crippen molar-refractivity contribution >= 4 is 23.1 Å². The fourth-order valence-corrected chi connectivity index (χ4v) is 2.97. The van der Waals surface area contributed by atoms with Gasteiger partial charge in [0.05, 0.1) is 5.51 Å². The van der Waals surface area contributed by atoms with Gasteiger partial charge in [-0.2, -0.15) is 0 Å². The molecule has 21 heavy (non-hydrogen) atoms.